The van der Waals surface area contributed by atoms with E-state index in [1.165, 1.54) is 18.3 Å². The van der Waals surface area contributed by atoms with E-state index in [9.17, 15) is 9.59 Å². The Morgan fingerprint density at radius 2 is 1.93 bits per heavy atom. The fourth-order valence-electron chi connectivity index (χ4n) is 2.73. The maximum absolute atomic E-state index is 12.3. The first-order chi connectivity index (χ1) is 13.1. The summed E-state index contributed by atoms with van der Waals surface area (Å²) in [6, 6.07) is 7.33. The smallest absolute Gasteiger partial charge is 0.234 e. The van der Waals surface area contributed by atoms with Crippen LogP contribution in [0.5, 0.6) is 5.75 Å². The number of amides is 2. The summed E-state index contributed by atoms with van der Waals surface area (Å²) in [6.45, 7) is 8.12. The molecule has 1 aromatic heterocycles. The number of anilines is 2. The van der Waals surface area contributed by atoms with Crippen molar-refractivity contribution in [1.82, 2.24) is 15.2 Å². The van der Waals surface area contributed by atoms with Gasteiger partial charge in [0.25, 0.3) is 0 Å². The van der Waals surface area contributed by atoms with Gasteiger partial charge in [0.1, 0.15) is 5.75 Å². The maximum Gasteiger partial charge on any atom is 0.234 e. The molecule has 0 aliphatic rings. The second-order valence-electron chi connectivity index (χ2n) is 7.62. The number of carbonyl (C=O) groups is 2. The Hall–Kier alpha value is -2.45. The number of ether oxygens (including phenoxy) is 1. The molecule has 1 heterocycles. The van der Waals surface area contributed by atoms with Gasteiger partial charge in [0.15, 0.2) is 5.13 Å². The SMILES string of the molecule is COc1ccccc1N(C(C)=O)c1nc(CN(C)CC(=O)NC(C)(C)C)cs1. The quantitative estimate of drug-likeness (QED) is 0.767. The van der Waals surface area contributed by atoms with Gasteiger partial charge in [0.2, 0.25) is 11.8 Å². The first-order valence-electron chi connectivity index (χ1n) is 8.98. The molecule has 2 amide bonds. The highest BCUT2D eigenvalue weighted by molar-refractivity contribution is 7.14. The topological polar surface area (TPSA) is 74.8 Å². The van der Waals surface area contributed by atoms with E-state index in [1.807, 2.05) is 56.3 Å². The van der Waals surface area contributed by atoms with Crippen LogP contribution in [0.1, 0.15) is 33.4 Å². The van der Waals surface area contributed by atoms with Gasteiger partial charge in [0, 0.05) is 24.4 Å². The molecule has 2 aromatic rings. The van der Waals surface area contributed by atoms with E-state index >= 15 is 0 Å². The number of carbonyl (C=O) groups excluding carboxylic acids is 2. The van der Waals surface area contributed by atoms with Crippen LogP contribution in [0.4, 0.5) is 10.8 Å². The standard InChI is InChI=1S/C20H28N4O3S/c1-14(25)24(16-9-7-8-10-17(16)27-6)19-21-15(13-28-19)11-23(5)12-18(26)22-20(2,3)4/h7-10,13H,11-12H2,1-6H3,(H,22,26). The third-order valence-corrected chi connectivity index (χ3v) is 4.61. The van der Waals surface area contributed by atoms with Crippen molar-refractivity contribution in [2.75, 3.05) is 25.6 Å². The molecule has 7 nitrogen and oxygen atoms in total. The van der Waals surface area contributed by atoms with E-state index in [0.29, 0.717) is 23.1 Å². The molecular weight excluding hydrogens is 376 g/mol. The molecule has 0 saturated heterocycles. The number of aromatic nitrogens is 1. The molecule has 0 atom stereocenters. The van der Waals surface area contributed by atoms with Crippen LogP contribution in [0.15, 0.2) is 29.6 Å². The van der Waals surface area contributed by atoms with Crippen LogP contribution >= 0.6 is 11.3 Å². The average Bonchev–Trinajstić information content (AvgIpc) is 3.00. The first kappa shape index (κ1) is 21.8. The number of methoxy groups -OCH3 is 1. The lowest BCUT2D eigenvalue weighted by atomic mass is 10.1. The van der Waals surface area contributed by atoms with E-state index in [-0.39, 0.29) is 23.9 Å². The Morgan fingerprint density at radius 1 is 1.25 bits per heavy atom. The molecule has 2 rings (SSSR count). The Bertz CT molecular complexity index is 829. The molecule has 0 aliphatic carbocycles. The van der Waals surface area contributed by atoms with Crippen molar-refractivity contribution in [1.29, 1.82) is 0 Å². The number of hydrogen-bond donors (Lipinski definition) is 1. The third kappa shape index (κ3) is 6.03. The molecule has 0 saturated carbocycles. The summed E-state index contributed by atoms with van der Waals surface area (Å²) in [5, 5.41) is 5.41. The largest absolute Gasteiger partial charge is 0.495 e. The van der Waals surface area contributed by atoms with Crippen LogP contribution in [-0.4, -0.2) is 47.9 Å². The number of thiazole rings is 1. The van der Waals surface area contributed by atoms with E-state index in [2.05, 4.69) is 10.3 Å². The monoisotopic (exact) mass is 404 g/mol. The molecule has 8 heteroatoms. The lowest BCUT2D eigenvalue weighted by Gasteiger charge is -2.23. The molecular formula is C20H28N4O3S. The fourth-order valence-corrected chi connectivity index (χ4v) is 3.60. The summed E-state index contributed by atoms with van der Waals surface area (Å²) in [5.41, 5.74) is 1.19. The lowest BCUT2D eigenvalue weighted by Crippen LogP contribution is -2.45. The summed E-state index contributed by atoms with van der Waals surface area (Å²) >= 11 is 1.38. The van der Waals surface area contributed by atoms with Gasteiger partial charge in [0.05, 0.1) is 25.0 Å². The van der Waals surface area contributed by atoms with Gasteiger partial charge in [-0.15, -0.1) is 11.3 Å². The van der Waals surface area contributed by atoms with E-state index < -0.39 is 0 Å². The average molecular weight is 405 g/mol. The van der Waals surface area contributed by atoms with Crippen LogP contribution in [0.25, 0.3) is 0 Å². The Labute approximate surface area is 170 Å². The van der Waals surface area contributed by atoms with E-state index in [1.54, 1.807) is 18.1 Å². The summed E-state index contributed by atoms with van der Waals surface area (Å²) in [5.74, 6) is 0.415. The highest BCUT2D eigenvalue weighted by atomic mass is 32.1. The van der Waals surface area contributed by atoms with Gasteiger partial charge in [-0.3, -0.25) is 19.4 Å². The Balaban J connectivity index is 2.13. The lowest BCUT2D eigenvalue weighted by molar-refractivity contribution is -0.123. The molecule has 0 bridgehead atoms. The highest BCUT2D eigenvalue weighted by Crippen LogP contribution is 2.35. The number of rotatable bonds is 7. The van der Waals surface area contributed by atoms with Crippen molar-refractivity contribution in [3.8, 4) is 5.75 Å². The summed E-state index contributed by atoms with van der Waals surface area (Å²) in [4.78, 5) is 32.4. The van der Waals surface area contributed by atoms with Crippen molar-refractivity contribution in [3.05, 3.63) is 35.3 Å². The number of para-hydroxylation sites is 2. The predicted molar refractivity (Wildman–Crippen MR) is 112 cm³/mol. The third-order valence-electron chi connectivity index (χ3n) is 3.73. The van der Waals surface area contributed by atoms with Crippen LogP contribution < -0.4 is 15.0 Å². The van der Waals surface area contributed by atoms with Gasteiger partial charge in [-0.05, 0) is 40.0 Å². The minimum Gasteiger partial charge on any atom is -0.495 e. The second kappa shape index (κ2) is 9.16. The van der Waals surface area contributed by atoms with E-state index in [0.717, 1.165) is 5.69 Å². The van der Waals surface area contributed by atoms with Gasteiger partial charge >= 0.3 is 0 Å². The number of benzene rings is 1. The normalized spacial score (nSPS) is 11.4. The zero-order valence-electron chi connectivity index (χ0n) is 17.3. The van der Waals surface area contributed by atoms with Crippen molar-refractivity contribution >= 4 is 34.0 Å². The molecule has 0 aliphatic heterocycles. The predicted octanol–water partition coefficient (Wildman–Crippen LogP) is 3.18. The minimum absolute atomic E-state index is 0.0372. The first-order valence-corrected chi connectivity index (χ1v) is 9.86. The highest BCUT2D eigenvalue weighted by Gasteiger charge is 2.22. The molecule has 1 N–H and O–H groups in total. The van der Waals surface area contributed by atoms with Gasteiger partial charge in [-0.25, -0.2) is 4.98 Å². The van der Waals surface area contributed by atoms with Crippen molar-refractivity contribution < 1.29 is 14.3 Å². The zero-order chi connectivity index (χ0) is 20.9. The van der Waals surface area contributed by atoms with Crippen LogP contribution in [0.2, 0.25) is 0 Å². The second-order valence-corrected chi connectivity index (χ2v) is 8.45. The van der Waals surface area contributed by atoms with Gasteiger partial charge in [-0.2, -0.15) is 0 Å². The molecule has 0 radical (unpaired) electrons. The Morgan fingerprint density at radius 3 is 2.54 bits per heavy atom. The number of nitrogens with zero attached hydrogens (tertiary/aromatic N) is 3. The zero-order valence-corrected chi connectivity index (χ0v) is 18.1. The number of nitrogens with one attached hydrogen (secondary N) is 1. The van der Waals surface area contributed by atoms with Crippen LogP contribution in [-0.2, 0) is 16.1 Å². The maximum atomic E-state index is 12.3. The molecule has 0 fully saturated rings. The summed E-state index contributed by atoms with van der Waals surface area (Å²) in [7, 11) is 3.44. The molecule has 152 valence electrons. The minimum atomic E-state index is -0.261. The van der Waals surface area contributed by atoms with Crippen molar-refractivity contribution in [2.24, 2.45) is 0 Å². The molecule has 1 aromatic carbocycles. The summed E-state index contributed by atoms with van der Waals surface area (Å²) < 4.78 is 5.38. The van der Waals surface area contributed by atoms with Gasteiger partial charge < -0.3 is 10.1 Å². The molecule has 0 spiro atoms. The van der Waals surface area contributed by atoms with Crippen LogP contribution in [0, 0.1) is 0 Å². The number of likely N-dealkylation sites (N-methyl/N-ethyl adjacent to an activating group) is 1. The number of hydrogen-bond acceptors (Lipinski definition) is 6. The molecule has 0 unspecified atom stereocenters. The Kier molecular flexibility index (Phi) is 7.15. The van der Waals surface area contributed by atoms with Gasteiger partial charge in [-0.1, -0.05) is 12.1 Å². The van der Waals surface area contributed by atoms with E-state index in [4.69, 9.17) is 4.74 Å². The van der Waals surface area contributed by atoms with Crippen molar-refractivity contribution in [3.63, 3.8) is 0 Å². The molecule has 28 heavy (non-hydrogen) atoms. The fraction of sp³-hybridized carbons (Fsp3) is 0.450. The van der Waals surface area contributed by atoms with Crippen molar-refractivity contribution in [2.45, 2.75) is 39.8 Å². The van der Waals surface area contributed by atoms with Crippen LogP contribution in [0.3, 0.4) is 0 Å². The summed E-state index contributed by atoms with van der Waals surface area (Å²) in [6.07, 6.45) is 0.